The van der Waals surface area contributed by atoms with Crippen LogP contribution in [0.4, 0.5) is 11.6 Å². The number of hydrogen-bond donors (Lipinski definition) is 3. The number of carbonyl (C=O) groups is 1. The molecule has 1 aliphatic rings. The van der Waals surface area contributed by atoms with E-state index in [2.05, 4.69) is 20.6 Å². The highest BCUT2D eigenvalue weighted by Gasteiger charge is 2.25. The summed E-state index contributed by atoms with van der Waals surface area (Å²) in [6.45, 7) is 7.17. The van der Waals surface area contributed by atoms with E-state index in [4.69, 9.17) is 15.8 Å². The van der Waals surface area contributed by atoms with Gasteiger partial charge in [0, 0.05) is 37.0 Å². The van der Waals surface area contributed by atoms with Crippen LogP contribution in [0.5, 0.6) is 0 Å². The minimum atomic E-state index is -3.20. The van der Waals surface area contributed by atoms with E-state index in [1.54, 1.807) is 4.52 Å². The summed E-state index contributed by atoms with van der Waals surface area (Å²) in [7, 11) is -3.20. The molecule has 5 rings (SSSR count). The molecule has 1 fully saturated rings. The molecule has 4 aromatic rings. The van der Waals surface area contributed by atoms with Crippen LogP contribution < -0.4 is 16.4 Å². The molecule has 4 N–H and O–H groups in total. The summed E-state index contributed by atoms with van der Waals surface area (Å²) in [4.78, 5) is 26.3. The Morgan fingerprint density at radius 2 is 1.95 bits per heavy atom. The minimum absolute atomic E-state index is 0.0789. The Kier molecular flexibility index (Phi) is 8.30. The predicted octanol–water partition coefficient (Wildman–Crippen LogP) is 2.83. The Balaban J connectivity index is 1.41. The van der Waals surface area contributed by atoms with Gasteiger partial charge in [0.15, 0.2) is 5.82 Å². The van der Waals surface area contributed by atoms with Gasteiger partial charge in [0.1, 0.15) is 29.6 Å². The third kappa shape index (κ3) is 6.42. The first-order chi connectivity index (χ1) is 20.4. The highest BCUT2D eigenvalue weighted by molar-refractivity contribution is 7.88. The summed E-state index contributed by atoms with van der Waals surface area (Å²) in [5, 5.41) is 20.4. The molecule has 13 nitrogen and oxygen atoms in total. The Morgan fingerprint density at radius 3 is 2.65 bits per heavy atom. The fourth-order valence-corrected chi connectivity index (χ4v) is 6.18. The van der Waals surface area contributed by atoms with Crippen LogP contribution in [0.15, 0.2) is 36.8 Å². The average Bonchev–Trinajstić information content (AvgIpc) is 3.35. The summed E-state index contributed by atoms with van der Waals surface area (Å²) >= 11 is 0. The van der Waals surface area contributed by atoms with Crippen LogP contribution in [0, 0.1) is 31.1 Å². The van der Waals surface area contributed by atoms with E-state index in [1.807, 2.05) is 57.3 Å². The molecular formula is C29H34N10O3S. The van der Waals surface area contributed by atoms with Gasteiger partial charge in [-0.1, -0.05) is 0 Å². The third-order valence-electron chi connectivity index (χ3n) is 7.66. The van der Waals surface area contributed by atoms with Crippen LogP contribution >= 0.6 is 0 Å². The van der Waals surface area contributed by atoms with E-state index in [0.717, 1.165) is 22.2 Å². The highest BCUT2D eigenvalue weighted by atomic mass is 32.2. The molecule has 1 unspecified atom stereocenters. The van der Waals surface area contributed by atoms with Crippen molar-refractivity contribution in [2.45, 2.75) is 39.7 Å². The normalized spacial score (nSPS) is 15.2. The SMILES string of the molecule is Cc1cc(C(=O)NCC2CCN(S(C)(=O)=O)CC2)cc(-c2nc(C(C)Nc3ncnc(N)c3C#N)nn3ccc(C)c23)c1. The van der Waals surface area contributed by atoms with Gasteiger partial charge in [-0.2, -0.15) is 10.4 Å². The van der Waals surface area contributed by atoms with Crippen molar-refractivity contribution in [1.29, 1.82) is 5.26 Å². The Morgan fingerprint density at radius 1 is 1.21 bits per heavy atom. The Labute approximate surface area is 250 Å². The number of anilines is 2. The fraction of sp³-hybridized carbons (Fsp3) is 0.379. The zero-order chi connectivity index (χ0) is 30.9. The highest BCUT2D eigenvalue weighted by Crippen LogP contribution is 2.30. The quantitative estimate of drug-likeness (QED) is 0.271. The lowest BCUT2D eigenvalue weighted by Crippen LogP contribution is -2.41. The molecule has 4 heterocycles. The second kappa shape index (κ2) is 11.9. The van der Waals surface area contributed by atoms with E-state index >= 15 is 0 Å². The van der Waals surface area contributed by atoms with Crippen molar-refractivity contribution in [3.05, 3.63) is 64.9 Å². The predicted molar refractivity (Wildman–Crippen MR) is 163 cm³/mol. The standard InChI is InChI=1S/C29H34N10O3S/c1-17-11-21(13-22(12-17)29(40)32-15-20-6-8-38(9-7-20)43(4,41)42)24-25-18(2)5-10-39(25)37-27(36-24)19(3)35-28-23(14-30)26(31)33-16-34-28/h5,10-13,16,19-20H,6-9,15H2,1-4H3,(H,32,40)(H3,31,33,34,35). The number of aromatic nitrogens is 5. The number of sulfonamides is 1. The number of amides is 1. The number of rotatable bonds is 8. The van der Waals surface area contributed by atoms with Crippen molar-refractivity contribution >= 4 is 33.1 Å². The van der Waals surface area contributed by atoms with E-state index in [0.29, 0.717) is 49.6 Å². The van der Waals surface area contributed by atoms with Crippen LogP contribution in [0.2, 0.25) is 0 Å². The second-order valence-corrected chi connectivity index (χ2v) is 13.0. The number of nitrogens with two attached hydrogens (primary N) is 1. The maximum atomic E-state index is 13.3. The van der Waals surface area contributed by atoms with Gasteiger partial charge in [-0.05, 0) is 74.9 Å². The first-order valence-electron chi connectivity index (χ1n) is 13.9. The van der Waals surface area contributed by atoms with Crippen LogP contribution in [-0.2, 0) is 10.0 Å². The van der Waals surface area contributed by atoms with E-state index < -0.39 is 16.1 Å². The molecule has 43 heavy (non-hydrogen) atoms. The van der Waals surface area contributed by atoms with Gasteiger partial charge in [0.05, 0.1) is 23.5 Å². The number of benzene rings is 1. The van der Waals surface area contributed by atoms with Gasteiger partial charge in [-0.15, -0.1) is 0 Å². The number of nitrogens with one attached hydrogen (secondary N) is 2. The number of nitriles is 1. The van der Waals surface area contributed by atoms with Crippen LogP contribution in [0.25, 0.3) is 16.8 Å². The molecular weight excluding hydrogens is 568 g/mol. The van der Waals surface area contributed by atoms with Gasteiger partial charge >= 0.3 is 0 Å². The largest absolute Gasteiger partial charge is 0.382 e. The summed E-state index contributed by atoms with van der Waals surface area (Å²) in [6, 6.07) is 9.17. The maximum Gasteiger partial charge on any atom is 0.251 e. The van der Waals surface area contributed by atoms with Crippen molar-refractivity contribution in [2.24, 2.45) is 5.92 Å². The van der Waals surface area contributed by atoms with Crippen LogP contribution in [0.3, 0.4) is 0 Å². The molecule has 1 saturated heterocycles. The van der Waals surface area contributed by atoms with Crippen LogP contribution in [-0.4, -0.2) is 69.1 Å². The van der Waals surface area contributed by atoms with Gasteiger partial charge in [0.25, 0.3) is 5.91 Å². The summed E-state index contributed by atoms with van der Waals surface area (Å²) in [5.41, 5.74) is 10.6. The van der Waals surface area contributed by atoms with Crippen molar-refractivity contribution in [1.82, 2.24) is 34.2 Å². The molecule has 224 valence electrons. The zero-order valence-electron chi connectivity index (χ0n) is 24.5. The van der Waals surface area contributed by atoms with E-state index in [9.17, 15) is 18.5 Å². The van der Waals surface area contributed by atoms with Crippen molar-refractivity contribution in [2.75, 3.05) is 36.9 Å². The Hall–Kier alpha value is -4.61. The number of piperidine rings is 1. The number of hydrogen-bond acceptors (Lipinski definition) is 10. The zero-order valence-corrected chi connectivity index (χ0v) is 25.3. The number of fused-ring (bicyclic) bond motifs is 1. The lowest BCUT2D eigenvalue weighted by Gasteiger charge is -2.30. The van der Waals surface area contributed by atoms with Crippen molar-refractivity contribution < 1.29 is 13.2 Å². The number of aryl methyl sites for hydroxylation is 2. The lowest BCUT2D eigenvalue weighted by atomic mass is 9.97. The third-order valence-corrected chi connectivity index (χ3v) is 8.97. The first kappa shape index (κ1) is 29.9. The number of carbonyl (C=O) groups excluding carboxylic acids is 1. The minimum Gasteiger partial charge on any atom is -0.382 e. The monoisotopic (exact) mass is 602 g/mol. The number of nitrogens with zero attached hydrogens (tertiary/aromatic N) is 7. The van der Waals surface area contributed by atoms with Crippen LogP contribution in [0.1, 0.15) is 58.7 Å². The van der Waals surface area contributed by atoms with Gasteiger partial charge < -0.3 is 16.4 Å². The van der Waals surface area contributed by atoms with Gasteiger partial charge in [0.2, 0.25) is 10.0 Å². The molecule has 1 aliphatic heterocycles. The summed E-state index contributed by atoms with van der Waals surface area (Å²) in [6.07, 6.45) is 5.77. The molecule has 1 aromatic carbocycles. The van der Waals surface area contributed by atoms with E-state index in [1.165, 1.54) is 16.9 Å². The first-order valence-corrected chi connectivity index (χ1v) is 15.8. The second-order valence-electron chi connectivity index (χ2n) is 11.0. The fourth-order valence-electron chi connectivity index (χ4n) is 5.30. The molecule has 0 bridgehead atoms. The average molecular weight is 603 g/mol. The maximum absolute atomic E-state index is 13.3. The van der Waals surface area contributed by atoms with Crippen molar-refractivity contribution in [3.8, 4) is 17.3 Å². The Bertz CT molecular complexity index is 1840. The number of nitrogen functional groups attached to an aromatic ring is 1. The summed E-state index contributed by atoms with van der Waals surface area (Å²) < 4.78 is 26.9. The summed E-state index contributed by atoms with van der Waals surface area (Å²) in [5.74, 6) is 0.822. The van der Waals surface area contributed by atoms with E-state index in [-0.39, 0.29) is 29.0 Å². The molecule has 14 heteroatoms. The lowest BCUT2D eigenvalue weighted by molar-refractivity contribution is 0.0941. The molecule has 1 atom stereocenters. The van der Waals surface area contributed by atoms with Crippen molar-refractivity contribution in [3.63, 3.8) is 0 Å². The molecule has 0 aliphatic carbocycles. The molecule has 0 saturated carbocycles. The smallest absolute Gasteiger partial charge is 0.251 e. The topological polar surface area (TPSA) is 184 Å². The van der Waals surface area contributed by atoms with Gasteiger partial charge in [-0.25, -0.2) is 32.2 Å². The molecule has 0 spiro atoms. The molecule has 0 radical (unpaired) electrons. The van der Waals surface area contributed by atoms with Gasteiger partial charge in [-0.3, -0.25) is 4.79 Å². The molecule has 3 aromatic heterocycles. The molecule has 1 amide bonds.